The van der Waals surface area contributed by atoms with Crippen molar-refractivity contribution >= 4 is 27.5 Å². The molecule has 1 N–H and O–H groups in total. The van der Waals surface area contributed by atoms with E-state index < -0.39 is 32.9 Å². The van der Waals surface area contributed by atoms with Gasteiger partial charge in [0.25, 0.3) is 5.91 Å². The Morgan fingerprint density at radius 2 is 1.82 bits per heavy atom. The van der Waals surface area contributed by atoms with Gasteiger partial charge in [0, 0.05) is 35.7 Å². The number of halogens is 1. The van der Waals surface area contributed by atoms with Crippen LogP contribution in [0.15, 0.2) is 54.6 Å². The van der Waals surface area contributed by atoms with Crippen LogP contribution in [0.4, 0.5) is 4.39 Å². The van der Waals surface area contributed by atoms with E-state index in [1.165, 1.54) is 11.6 Å². The zero-order chi connectivity index (χ0) is 30.3. The zero-order valence-corrected chi connectivity index (χ0v) is 25.1. The summed E-state index contributed by atoms with van der Waals surface area (Å²) in [4.78, 5) is 32.9. The van der Waals surface area contributed by atoms with Gasteiger partial charge in [0.2, 0.25) is 15.9 Å². The number of nitrogens with zero attached hydrogens (tertiary/aromatic N) is 4. The number of sulfonamides is 1. The van der Waals surface area contributed by atoms with Gasteiger partial charge in [-0.1, -0.05) is 30.3 Å². The third-order valence-corrected chi connectivity index (χ3v) is 11.4. The number of carbonyl (C=O) groups excluding carboxylic acids is 2. The monoisotopic (exact) mass is 613 g/mol. The van der Waals surface area contributed by atoms with Gasteiger partial charge in [0.15, 0.2) is 5.65 Å². The Hall–Kier alpha value is -4.12. The highest BCUT2D eigenvalue weighted by Crippen LogP contribution is 2.48. The number of benzene rings is 2. The van der Waals surface area contributed by atoms with Crippen LogP contribution < -0.4 is 4.72 Å². The molecule has 2 aromatic heterocycles. The van der Waals surface area contributed by atoms with E-state index in [9.17, 15) is 18.0 Å². The fourth-order valence-corrected chi connectivity index (χ4v) is 7.96. The largest absolute Gasteiger partial charge is 0.330 e. The first-order valence-electron chi connectivity index (χ1n) is 15.3. The van der Waals surface area contributed by atoms with E-state index in [-0.39, 0.29) is 23.8 Å². The highest BCUT2D eigenvalue weighted by molar-refractivity contribution is 7.90. The topological polar surface area (TPSA) is 114 Å². The van der Waals surface area contributed by atoms with Crippen molar-refractivity contribution in [2.45, 2.75) is 68.6 Å². The van der Waals surface area contributed by atoms with Crippen molar-refractivity contribution in [3.63, 3.8) is 0 Å². The second kappa shape index (κ2) is 9.95. The molecule has 9 nitrogen and oxygen atoms in total. The number of rotatable bonds is 7. The smallest absolute Gasteiger partial charge is 0.273 e. The molecule has 3 saturated carbocycles. The average molecular weight is 614 g/mol. The van der Waals surface area contributed by atoms with E-state index in [4.69, 9.17) is 10.1 Å². The van der Waals surface area contributed by atoms with E-state index >= 15 is 4.39 Å². The van der Waals surface area contributed by atoms with Crippen LogP contribution in [0.2, 0.25) is 0 Å². The number of hydrogen-bond acceptors (Lipinski definition) is 6. The average Bonchev–Trinajstić information content (AvgIpc) is 3.86. The summed E-state index contributed by atoms with van der Waals surface area (Å²) in [6.45, 7) is 2.66. The summed E-state index contributed by atoms with van der Waals surface area (Å²) < 4.78 is 43.8. The van der Waals surface area contributed by atoms with Crippen LogP contribution in [0.25, 0.3) is 16.9 Å². The molecule has 1 aliphatic heterocycles. The van der Waals surface area contributed by atoms with Gasteiger partial charge in [-0.25, -0.2) is 22.3 Å². The van der Waals surface area contributed by atoms with Crippen molar-refractivity contribution in [2.24, 2.45) is 5.92 Å². The highest BCUT2D eigenvalue weighted by Gasteiger charge is 2.47. The molecule has 3 atom stereocenters. The first-order chi connectivity index (χ1) is 21.2. The summed E-state index contributed by atoms with van der Waals surface area (Å²) >= 11 is 0. The fourth-order valence-electron chi connectivity index (χ4n) is 6.61. The molecule has 0 radical (unpaired) electrons. The van der Waals surface area contributed by atoms with E-state index in [2.05, 4.69) is 16.9 Å². The van der Waals surface area contributed by atoms with Crippen LogP contribution in [0.3, 0.4) is 0 Å². The SMILES string of the molecule is C[C@@H]1c2ccccc2CCN1C(=O)c1cc(C2CC2)n2nc(-c3ccc(C4CC4C(=O)NS(=O)(=O)C4CC4)cc3F)cc2n1. The third-order valence-electron chi connectivity index (χ3n) is 9.56. The lowest BCUT2D eigenvalue weighted by Gasteiger charge is -2.35. The van der Waals surface area contributed by atoms with Gasteiger partial charge in [-0.2, -0.15) is 5.10 Å². The van der Waals surface area contributed by atoms with Gasteiger partial charge >= 0.3 is 0 Å². The minimum atomic E-state index is -3.61. The lowest BCUT2D eigenvalue weighted by atomic mass is 9.93. The van der Waals surface area contributed by atoms with Crippen LogP contribution in [0.5, 0.6) is 0 Å². The Bertz CT molecular complexity index is 1970. The molecule has 2 amide bonds. The lowest BCUT2D eigenvalue weighted by molar-refractivity contribution is -0.120. The van der Waals surface area contributed by atoms with Gasteiger partial charge in [0.05, 0.1) is 17.0 Å². The standard InChI is InChI=1S/C33H32FN5O4S/c1-18-23-5-3-2-4-19(23)12-13-38(18)33(41)29-16-30(20-6-7-20)39-31(35-29)17-28(36-39)24-11-8-21(14-27(24)34)25-15-26(25)32(40)37-44(42,43)22-9-10-22/h2-5,8,11,14,16-18,20,22,25-26H,6-7,9-10,12-13,15H2,1H3,(H,37,40)/t18-,25?,26?/m1/s1. The van der Waals surface area contributed by atoms with Gasteiger partial charge in [-0.15, -0.1) is 0 Å². The third kappa shape index (κ3) is 4.77. The number of fused-ring (bicyclic) bond motifs is 2. The number of nitrogens with one attached hydrogen (secondary N) is 1. The molecule has 44 heavy (non-hydrogen) atoms. The Balaban J connectivity index is 1.05. The molecular formula is C33H32FN5O4S. The summed E-state index contributed by atoms with van der Waals surface area (Å²) in [7, 11) is -3.61. The summed E-state index contributed by atoms with van der Waals surface area (Å²) in [5, 5.41) is 4.25. The van der Waals surface area contributed by atoms with Gasteiger partial charge < -0.3 is 4.90 Å². The van der Waals surface area contributed by atoms with Gasteiger partial charge in [-0.05, 0) is 86.3 Å². The zero-order valence-electron chi connectivity index (χ0n) is 24.2. The fraction of sp³-hybridized carbons (Fsp3) is 0.394. The second-order valence-electron chi connectivity index (χ2n) is 12.7. The lowest BCUT2D eigenvalue weighted by Crippen LogP contribution is -2.39. The minimum absolute atomic E-state index is 0.0670. The molecule has 3 heterocycles. The van der Waals surface area contributed by atoms with Gasteiger partial charge in [-0.3, -0.25) is 14.3 Å². The molecule has 4 aliphatic rings. The molecule has 0 saturated heterocycles. The number of aromatic nitrogens is 3. The van der Waals surface area contributed by atoms with Crippen LogP contribution in [-0.4, -0.2) is 51.5 Å². The predicted octanol–water partition coefficient (Wildman–Crippen LogP) is 4.88. The molecule has 3 fully saturated rings. The molecule has 4 aromatic rings. The molecule has 0 bridgehead atoms. The molecule has 8 rings (SSSR count). The van der Waals surface area contributed by atoms with Crippen molar-refractivity contribution in [3.05, 3.63) is 88.5 Å². The first-order valence-corrected chi connectivity index (χ1v) is 16.9. The van der Waals surface area contributed by atoms with Gasteiger partial charge in [0.1, 0.15) is 11.5 Å². The Morgan fingerprint density at radius 1 is 1.02 bits per heavy atom. The van der Waals surface area contributed by atoms with E-state index in [1.54, 1.807) is 22.7 Å². The summed E-state index contributed by atoms with van der Waals surface area (Å²) in [5.74, 6) is -1.56. The maximum absolute atomic E-state index is 15.5. The number of amides is 2. The summed E-state index contributed by atoms with van der Waals surface area (Å²) in [6, 6.07) is 16.5. The van der Waals surface area contributed by atoms with Crippen molar-refractivity contribution in [1.29, 1.82) is 0 Å². The molecule has 3 aliphatic carbocycles. The van der Waals surface area contributed by atoms with E-state index in [0.29, 0.717) is 54.0 Å². The molecule has 2 aromatic carbocycles. The van der Waals surface area contributed by atoms with Crippen LogP contribution in [0.1, 0.15) is 89.8 Å². The molecule has 2 unspecified atom stereocenters. The first kappa shape index (κ1) is 27.4. The van der Waals surface area contributed by atoms with E-state index in [0.717, 1.165) is 30.5 Å². The predicted molar refractivity (Wildman–Crippen MR) is 161 cm³/mol. The highest BCUT2D eigenvalue weighted by atomic mass is 32.2. The van der Waals surface area contributed by atoms with Crippen molar-refractivity contribution in [1.82, 2.24) is 24.2 Å². The minimum Gasteiger partial charge on any atom is -0.330 e. The van der Waals surface area contributed by atoms with Crippen molar-refractivity contribution in [3.8, 4) is 11.3 Å². The molecular weight excluding hydrogens is 581 g/mol. The number of carbonyl (C=O) groups is 2. The molecule has 11 heteroatoms. The maximum atomic E-state index is 15.5. The normalized spacial score (nSPS) is 23.0. The Labute approximate surface area is 254 Å². The summed E-state index contributed by atoms with van der Waals surface area (Å²) in [5.41, 5.74) is 5.55. The van der Waals surface area contributed by atoms with Crippen molar-refractivity contribution in [2.75, 3.05) is 6.54 Å². The van der Waals surface area contributed by atoms with Crippen LogP contribution in [0, 0.1) is 11.7 Å². The summed E-state index contributed by atoms with van der Waals surface area (Å²) in [6.07, 6.45) is 4.42. The Kier molecular flexibility index (Phi) is 6.20. The van der Waals surface area contributed by atoms with E-state index in [1.807, 2.05) is 30.0 Å². The number of hydrogen-bond donors (Lipinski definition) is 1. The Morgan fingerprint density at radius 3 is 2.57 bits per heavy atom. The van der Waals surface area contributed by atoms with Crippen LogP contribution >= 0.6 is 0 Å². The maximum Gasteiger partial charge on any atom is 0.273 e. The second-order valence-corrected chi connectivity index (χ2v) is 14.6. The molecule has 226 valence electrons. The quantitative estimate of drug-likeness (QED) is 0.318. The molecule has 0 spiro atoms. The van der Waals surface area contributed by atoms with Crippen LogP contribution in [-0.2, 0) is 21.2 Å². The van der Waals surface area contributed by atoms with Crippen molar-refractivity contribution < 1.29 is 22.4 Å².